The van der Waals surface area contributed by atoms with Crippen LogP contribution in [0.25, 0.3) is 0 Å². The molecule has 5 heteroatoms. The van der Waals surface area contributed by atoms with Gasteiger partial charge in [0, 0.05) is 0 Å². The van der Waals surface area contributed by atoms with Gasteiger partial charge in [0.15, 0.2) is 0 Å². The molecule has 0 atom stereocenters. The summed E-state index contributed by atoms with van der Waals surface area (Å²) < 4.78 is 0. The first-order valence-electron chi connectivity index (χ1n) is 5.16. The Bertz CT molecular complexity index is 391. The normalized spacial score (nSPS) is 11.6. The maximum Gasteiger partial charge on any atom is 0.335 e. The van der Waals surface area contributed by atoms with E-state index in [-0.39, 0.29) is 6.42 Å². The molecule has 1 aromatic rings. The number of hydrogen-bond acceptors (Lipinski definition) is 3. The van der Waals surface area contributed by atoms with Gasteiger partial charge in [-0.3, -0.25) is 0 Å². The number of nitrogens with zero attached hydrogens (tertiary/aromatic N) is 1. The first kappa shape index (κ1) is 14.0. The highest BCUT2D eigenvalue weighted by Gasteiger charge is 2.07. The van der Waals surface area contributed by atoms with E-state index in [2.05, 4.69) is 9.99 Å². The van der Waals surface area contributed by atoms with Crippen LogP contribution >= 0.6 is 23.2 Å². The van der Waals surface area contributed by atoms with Crippen molar-refractivity contribution in [1.29, 1.82) is 0 Å². The summed E-state index contributed by atoms with van der Waals surface area (Å²) in [7, 11) is 0. The SMILES string of the molecule is CC(=NOC(=O)CCc1ccccc1)C(Cl)Cl. The summed E-state index contributed by atoms with van der Waals surface area (Å²) in [6, 6.07) is 9.68. The lowest BCUT2D eigenvalue weighted by Crippen LogP contribution is -2.07. The third-order valence-electron chi connectivity index (χ3n) is 2.07. The average molecular weight is 274 g/mol. The number of carbonyl (C=O) groups is 1. The smallest absolute Gasteiger partial charge is 0.318 e. The molecule has 0 radical (unpaired) electrons. The Labute approximate surface area is 110 Å². The number of benzene rings is 1. The van der Waals surface area contributed by atoms with Crippen molar-refractivity contribution in [2.24, 2.45) is 5.16 Å². The Balaban J connectivity index is 2.34. The number of aryl methyl sites for hydroxylation is 1. The molecule has 0 bridgehead atoms. The van der Waals surface area contributed by atoms with Gasteiger partial charge in [0.25, 0.3) is 0 Å². The first-order valence-corrected chi connectivity index (χ1v) is 6.03. The number of carbonyl (C=O) groups excluding carboxylic acids is 1. The molecule has 0 amide bonds. The molecule has 0 fully saturated rings. The molecule has 3 nitrogen and oxygen atoms in total. The van der Waals surface area contributed by atoms with Crippen molar-refractivity contribution < 1.29 is 9.63 Å². The van der Waals surface area contributed by atoms with Gasteiger partial charge < -0.3 is 4.84 Å². The van der Waals surface area contributed by atoms with Gasteiger partial charge >= 0.3 is 5.97 Å². The van der Waals surface area contributed by atoms with E-state index in [0.717, 1.165) is 5.56 Å². The van der Waals surface area contributed by atoms with Crippen molar-refractivity contribution in [3.05, 3.63) is 35.9 Å². The maximum atomic E-state index is 11.3. The second kappa shape index (κ2) is 7.30. The third-order valence-corrected chi connectivity index (χ3v) is 2.70. The molecule has 0 N–H and O–H groups in total. The van der Waals surface area contributed by atoms with Crippen LogP contribution in [0.2, 0.25) is 0 Å². The van der Waals surface area contributed by atoms with Gasteiger partial charge in [-0.25, -0.2) is 4.79 Å². The summed E-state index contributed by atoms with van der Waals surface area (Å²) in [6.07, 6.45) is 0.898. The van der Waals surface area contributed by atoms with Crippen LogP contribution in [-0.2, 0) is 16.1 Å². The average Bonchev–Trinajstić information content (AvgIpc) is 2.34. The van der Waals surface area contributed by atoms with E-state index >= 15 is 0 Å². The summed E-state index contributed by atoms with van der Waals surface area (Å²) in [5, 5.41) is 3.54. The zero-order valence-electron chi connectivity index (χ0n) is 9.40. The lowest BCUT2D eigenvalue weighted by molar-refractivity contribution is -0.143. The van der Waals surface area contributed by atoms with Gasteiger partial charge in [-0.15, -0.1) is 0 Å². The summed E-state index contributed by atoms with van der Waals surface area (Å²) in [6.45, 7) is 1.59. The quantitative estimate of drug-likeness (QED) is 0.357. The zero-order valence-corrected chi connectivity index (χ0v) is 10.9. The number of oxime groups is 1. The molecule has 1 aromatic carbocycles. The van der Waals surface area contributed by atoms with E-state index in [9.17, 15) is 4.79 Å². The minimum Gasteiger partial charge on any atom is -0.318 e. The Hall–Kier alpha value is -1.06. The molecule has 0 aliphatic carbocycles. The fraction of sp³-hybridized carbons (Fsp3) is 0.333. The van der Waals surface area contributed by atoms with Gasteiger partial charge in [0.1, 0.15) is 4.84 Å². The van der Waals surface area contributed by atoms with E-state index in [4.69, 9.17) is 23.2 Å². The van der Waals surface area contributed by atoms with Crippen LogP contribution < -0.4 is 0 Å². The molecule has 0 saturated carbocycles. The van der Waals surface area contributed by atoms with Crippen LogP contribution in [0.3, 0.4) is 0 Å². The van der Waals surface area contributed by atoms with E-state index in [0.29, 0.717) is 12.1 Å². The number of alkyl halides is 2. The lowest BCUT2D eigenvalue weighted by Gasteiger charge is -2.01. The fourth-order valence-corrected chi connectivity index (χ4v) is 1.18. The maximum absolute atomic E-state index is 11.3. The molecule has 0 unspecified atom stereocenters. The molecule has 0 saturated heterocycles. The Morgan fingerprint density at radius 1 is 1.35 bits per heavy atom. The summed E-state index contributed by atoms with van der Waals surface area (Å²) in [5.74, 6) is -0.401. The van der Waals surface area contributed by atoms with Gasteiger partial charge in [0.05, 0.1) is 12.1 Å². The second-order valence-electron chi connectivity index (χ2n) is 3.48. The van der Waals surface area contributed by atoms with Crippen LogP contribution in [-0.4, -0.2) is 16.5 Å². The number of rotatable bonds is 5. The topological polar surface area (TPSA) is 38.7 Å². The molecule has 0 aliphatic heterocycles. The number of hydrogen-bond donors (Lipinski definition) is 0. The van der Waals surface area contributed by atoms with Gasteiger partial charge in [-0.1, -0.05) is 58.7 Å². The molecule has 0 heterocycles. The van der Waals surface area contributed by atoms with Gasteiger partial charge in [0.2, 0.25) is 0 Å². The van der Waals surface area contributed by atoms with E-state index in [1.165, 1.54) is 0 Å². The lowest BCUT2D eigenvalue weighted by atomic mass is 10.1. The standard InChI is InChI=1S/C12H13Cl2NO2/c1-9(12(13)14)15-17-11(16)8-7-10-5-3-2-4-6-10/h2-6,12H,7-8H2,1H3. The molecule has 92 valence electrons. The molecule has 17 heavy (non-hydrogen) atoms. The minimum atomic E-state index is -0.753. The second-order valence-corrected chi connectivity index (χ2v) is 4.58. The first-order chi connectivity index (χ1) is 8.09. The Morgan fingerprint density at radius 2 is 2.00 bits per heavy atom. The molecule has 1 rings (SSSR count). The fourth-order valence-electron chi connectivity index (χ4n) is 1.10. The molecule has 0 aliphatic rings. The highest BCUT2D eigenvalue weighted by molar-refractivity contribution is 6.54. The van der Waals surface area contributed by atoms with E-state index in [1.807, 2.05) is 30.3 Å². The predicted molar refractivity (Wildman–Crippen MR) is 69.5 cm³/mol. The highest BCUT2D eigenvalue weighted by atomic mass is 35.5. The van der Waals surface area contributed by atoms with Crippen molar-refractivity contribution in [3.63, 3.8) is 0 Å². The number of halogens is 2. The van der Waals surface area contributed by atoms with Crippen molar-refractivity contribution >= 4 is 34.9 Å². The van der Waals surface area contributed by atoms with Crippen molar-refractivity contribution in [2.45, 2.75) is 24.6 Å². The zero-order chi connectivity index (χ0) is 12.7. The third kappa shape index (κ3) is 5.71. The molecule has 0 spiro atoms. The van der Waals surface area contributed by atoms with Crippen LogP contribution in [0.15, 0.2) is 35.5 Å². The molecular weight excluding hydrogens is 261 g/mol. The summed E-state index contributed by atoms with van der Waals surface area (Å²) in [4.78, 5) is 15.2. The Morgan fingerprint density at radius 3 is 2.59 bits per heavy atom. The van der Waals surface area contributed by atoms with Crippen LogP contribution in [0, 0.1) is 0 Å². The molecular formula is C12H13Cl2NO2. The predicted octanol–water partition coefficient (Wildman–Crippen LogP) is 3.34. The van der Waals surface area contributed by atoms with Gasteiger partial charge in [-0.2, -0.15) is 0 Å². The largest absolute Gasteiger partial charge is 0.335 e. The highest BCUT2D eigenvalue weighted by Crippen LogP contribution is 2.06. The van der Waals surface area contributed by atoms with Crippen LogP contribution in [0.1, 0.15) is 18.9 Å². The van der Waals surface area contributed by atoms with Crippen molar-refractivity contribution in [2.75, 3.05) is 0 Å². The minimum absolute atomic E-state index is 0.274. The van der Waals surface area contributed by atoms with Crippen LogP contribution in [0.4, 0.5) is 0 Å². The summed E-state index contributed by atoms with van der Waals surface area (Å²) in [5.41, 5.74) is 1.44. The van der Waals surface area contributed by atoms with Gasteiger partial charge in [-0.05, 0) is 18.9 Å². The Kier molecular flexibility index (Phi) is 6.01. The monoisotopic (exact) mass is 273 g/mol. The summed E-state index contributed by atoms with van der Waals surface area (Å²) >= 11 is 11.1. The van der Waals surface area contributed by atoms with Crippen LogP contribution in [0.5, 0.6) is 0 Å². The van der Waals surface area contributed by atoms with Crippen molar-refractivity contribution in [1.82, 2.24) is 0 Å². The molecule has 0 aromatic heterocycles. The van der Waals surface area contributed by atoms with Crippen molar-refractivity contribution in [3.8, 4) is 0 Å². The van der Waals surface area contributed by atoms with E-state index < -0.39 is 10.8 Å². The van der Waals surface area contributed by atoms with E-state index in [1.54, 1.807) is 6.92 Å².